The van der Waals surface area contributed by atoms with Crippen LogP contribution in [0.15, 0.2) is 24.3 Å². The van der Waals surface area contributed by atoms with E-state index in [1.165, 1.54) is 5.39 Å². The Bertz CT molecular complexity index is 616. The molecular formula is C14H21N4OP. The van der Waals surface area contributed by atoms with Gasteiger partial charge in [-0.1, -0.05) is 12.1 Å². The number of aromatic amines is 1. The van der Waals surface area contributed by atoms with E-state index in [1.807, 2.05) is 18.2 Å². The minimum Gasteiger partial charge on any atom is -0.352 e. The van der Waals surface area contributed by atoms with Crippen LogP contribution in [0.25, 0.3) is 10.9 Å². The highest BCUT2D eigenvalue weighted by atomic mass is 31.1. The van der Waals surface area contributed by atoms with Crippen molar-refractivity contribution < 1.29 is 4.57 Å². The molecule has 20 heavy (non-hydrogen) atoms. The third kappa shape index (κ3) is 2.36. The monoisotopic (exact) mass is 292 g/mol. The Hall–Kier alpha value is -1.32. The number of benzene rings is 1. The van der Waals surface area contributed by atoms with Gasteiger partial charge in [0.25, 0.3) is 0 Å². The van der Waals surface area contributed by atoms with Gasteiger partial charge in [-0.05, 0) is 26.0 Å². The van der Waals surface area contributed by atoms with E-state index in [-0.39, 0.29) is 5.28 Å². The Kier molecular flexibility index (Phi) is 3.57. The van der Waals surface area contributed by atoms with Crippen molar-refractivity contribution in [2.75, 3.05) is 31.1 Å². The van der Waals surface area contributed by atoms with E-state index in [2.05, 4.69) is 39.9 Å². The molecule has 5 nitrogen and oxygen atoms in total. The zero-order chi connectivity index (χ0) is 14.2. The highest BCUT2D eigenvalue weighted by Crippen LogP contribution is 2.30. The maximum atomic E-state index is 11.3. The molecule has 2 aromatic rings. The summed E-state index contributed by atoms with van der Waals surface area (Å²) < 4.78 is 11.3. The molecular weight excluding hydrogens is 271 g/mol. The second kappa shape index (κ2) is 5.23. The number of aromatic nitrogens is 2. The number of piperazine rings is 1. The van der Waals surface area contributed by atoms with Crippen LogP contribution in [-0.2, 0) is 4.57 Å². The minimum absolute atomic E-state index is 0.167. The fraction of sp³-hybridized carbons (Fsp3) is 0.500. The average molecular weight is 292 g/mol. The number of hydrogen-bond donors (Lipinski definition) is 1. The Morgan fingerprint density at radius 1 is 1.20 bits per heavy atom. The van der Waals surface area contributed by atoms with Crippen LogP contribution < -0.4 is 4.90 Å². The van der Waals surface area contributed by atoms with Crippen molar-refractivity contribution in [3.8, 4) is 0 Å². The van der Waals surface area contributed by atoms with E-state index < -0.39 is 8.46 Å². The summed E-state index contributed by atoms with van der Waals surface area (Å²) in [6, 6.07) is 8.21. The molecule has 0 radical (unpaired) electrons. The van der Waals surface area contributed by atoms with Crippen LogP contribution in [-0.4, -0.2) is 46.6 Å². The molecule has 0 saturated carbocycles. The summed E-state index contributed by atoms with van der Waals surface area (Å²) in [5.41, 5.74) is 1.08. The van der Waals surface area contributed by atoms with Gasteiger partial charge in [0.15, 0.2) is 5.82 Å². The van der Waals surface area contributed by atoms with E-state index in [0.29, 0.717) is 0 Å². The Morgan fingerprint density at radius 3 is 2.60 bits per heavy atom. The average Bonchev–Trinajstić information content (AvgIpc) is 2.91. The molecule has 1 aromatic heterocycles. The predicted molar refractivity (Wildman–Crippen MR) is 84.4 cm³/mol. The molecule has 1 atom stereocenters. The Labute approximate surface area is 120 Å². The lowest BCUT2D eigenvalue weighted by molar-refractivity contribution is 0.179. The molecule has 0 aliphatic carbocycles. The van der Waals surface area contributed by atoms with Gasteiger partial charge in [0, 0.05) is 31.6 Å². The molecule has 1 aromatic carbocycles. The number of nitrogens with zero attached hydrogens (tertiary/aromatic N) is 3. The van der Waals surface area contributed by atoms with Gasteiger partial charge in [0.1, 0.15) is 0 Å². The molecule has 1 unspecified atom stereocenters. The van der Waals surface area contributed by atoms with Crippen LogP contribution in [0.1, 0.15) is 13.8 Å². The van der Waals surface area contributed by atoms with Crippen LogP contribution in [0.5, 0.6) is 0 Å². The van der Waals surface area contributed by atoms with Gasteiger partial charge in [-0.3, -0.25) is 10.00 Å². The van der Waals surface area contributed by atoms with Crippen molar-refractivity contribution in [1.82, 2.24) is 15.1 Å². The molecule has 1 N–H and O–H groups in total. The van der Waals surface area contributed by atoms with Crippen molar-refractivity contribution >= 4 is 25.2 Å². The Balaban J connectivity index is 1.77. The number of anilines is 1. The van der Waals surface area contributed by atoms with Gasteiger partial charge in [0.2, 0.25) is 0 Å². The normalized spacial score (nSPS) is 18.4. The number of H-pyrrole nitrogens is 1. The summed E-state index contributed by atoms with van der Waals surface area (Å²) in [5, 5.41) is 8.55. The van der Waals surface area contributed by atoms with Gasteiger partial charge < -0.3 is 9.46 Å². The van der Waals surface area contributed by atoms with Crippen molar-refractivity contribution in [1.29, 1.82) is 0 Å². The highest BCUT2D eigenvalue weighted by molar-refractivity contribution is 7.25. The summed E-state index contributed by atoms with van der Waals surface area (Å²) in [7, 11) is -0.785. The van der Waals surface area contributed by atoms with Crippen LogP contribution in [0.2, 0.25) is 0 Å². The quantitative estimate of drug-likeness (QED) is 0.881. The molecule has 1 aliphatic heterocycles. The number of rotatable bonds is 3. The summed E-state index contributed by atoms with van der Waals surface area (Å²) in [4.78, 5) is 4.63. The molecule has 108 valence electrons. The smallest absolute Gasteiger partial charge is 0.158 e. The predicted octanol–water partition coefficient (Wildman–Crippen LogP) is 2.18. The highest BCUT2D eigenvalue weighted by Gasteiger charge is 2.29. The second-order valence-electron chi connectivity index (χ2n) is 5.84. The third-order valence-electron chi connectivity index (χ3n) is 4.13. The van der Waals surface area contributed by atoms with E-state index in [1.54, 1.807) is 0 Å². The van der Waals surface area contributed by atoms with Crippen LogP contribution in [0.3, 0.4) is 0 Å². The minimum atomic E-state index is -0.785. The number of fused-ring (bicyclic) bond motifs is 1. The standard InChI is InChI=1S/C14H21N4OP/c1-14(2,20-19)18-9-7-17(8-10-18)13-11-5-3-4-6-12(11)15-16-13/h3-6H,7-10,20H2,1-2H3,(H,15,16). The van der Waals surface area contributed by atoms with E-state index in [0.717, 1.165) is 37.5 Å². The fourth-order valence-electron chi connectivity index (χ4n) is 2.76. The lowest BCUT2D eigenvalue weighted by atomic mass is 10.2. The van der Waals surface area contributed by atoms with Gasteiger partial charge in [0.05, 0.1) is 19.3 Å². The van der Waals surface area contributed by atoms with E-state index in [9.17, 15) is 4.57 Å². The van der Waals surface area contributed by atoms with Crippen LogP contribution in [0, 0.1) is 0 Å². The molecule has 0 spiro atoms. The summed E-state index contributed by atoms with van der Waals surface area (Å²) in [5.74, 6) is 1.03. The lowest BCUT2D eigenvalue weighted by Gasteiger charge is -2.41. The number of para-hydroxylation sites is 1. The maximum absolute atomic E-state index is 11.3. The first-order valence-corrected chi connectivity index (χ1v) is 8.06. The van der Waals surface area contributed by atoms with Crippen molar-refractivity contribution in [3.63, 3.8) is 0 Å². The van der Waals surface area contributed by atoms with Crippen molar-refractivity contribution in [2.45, 2.75) is 19.1 Å². The first kappa shape index (κ1) is 13.7. The number of nitrogens with one attached hydrogen (secondary N) is 1. The van der Waals surface area contributed by atoms with Gasteiger partial charge in [-0.2, -0.15) is 5.10 Å². The van der Waals surface area contributed by atoms with Crippen LogP contribution >= 0.6 is 8.46 Å². The van der Waals surface area contributed by atoms with Gasteiger partial charge in [-0.25, -0.2) is 0 Å². The zero-order valence-electron chi connectivity index (χ0n) is 12.0. The summed E-state index contributed by atoms with van der Waals surface area (Å²) >= 11 is 0. The molecule has 1 aliphatic rings. The zero-order valence-corrected chi connectivity index (χ0v) is 13.1. The first-order chi connectivity index (χ1) is 9.62. The SMILES string of the molecule is CC(C)([PH2]=O)N1CCN(c2n[nH]c3ccccc23)CC1. The van der Waals surface area contributed by atoms with E-state index >= 15 is 0 Å². The summed E-state index contributed by atoms with van der Waals surface area (Å²) in [6.07, 6.45) is 0. The molecule has 1 fully saturated rings. The molecule has 3 rings (SSSR count). The lowest BCUT2D eigenvalue weighted by Crippen LogP contribution is -2.52. The third-order valence-corrected chi connectivity index (χ3v) is 5.07. The van der Waals surface area contributed by atoms with Crippen LogP contribution in [0.4, 0.5) is 5.82 Å². The Morgan fingerprint density at radius 2 is 1.90 bits per heavy atom. The molecule has 6 heteroatoms. The van der Waals surface area contributed by atoms with Gasteiger partial charge in [-0.15, -0.1) is 0 Å². The van der Waals surface area contributed by atoms with Crippen molar-refractivity contribution in [2.24, 2.45) is 0 Å². The fourth-order valence-corrected chi connectivity index (χ4v) is 3.17. The second-order valence-corrected chi connectivity index (χ2v) is 7.49. The molecule has 0 amide bonds. The topological polar surface area (TPSA) is 52.2 Å². The van der Waals surface area contributed by atoms with Gasteiger partial charge >= 0.3 is 0 Å². The number of hydrogen-bond acceptors (Lipinski definition) is 4. The first-order valence-electron chi connectivity index (χ1n) is 7.01. The van der Waals surface area contributed by atoms with E-state index in [4.69, 9.17) is 0 Å². The largest absolute Gasteiger partial charge is 0.352 e. The summed E-state index contributed by atoms with van der Waals surface area (Å²) in [6.45, 7) is 7.85. The molecule has 2 heterocycles. The molecule has 1 saturated heterocycles. The van der Waals surface area contributed by atoms with Crippen molar-refractivity contribution in [3.05, 3.63) is 24.3 Å². The molecule has 0 bridgehead atoms. The maximum Gasteiger partial charge on any atom is 0.158 e.